The summed E-state index contributed by atoms with van der Waals surface area (Å²) in [5.74, 6) is 0.784. The first-order chi connectivity index (χ1) is 11.2. The average Bonchev–Trinajstić information content (AvgIpc) is 3.00. The van der Waals surface area contributed by atoms with E-state index in [2.05, 4.69) is 34.7 Å². The number of hydrogen-bond acceptors (Lipinski definition) is 8. The van der Waals surface area contributed by atoms with Crippen LogP contribution in [0, 0.1) is 6.92 Å². The van der Waals surface area contributed by atoms with Gasteiger partial charge in [-0.15, -0.1) is 5.10 Å². The second-order valence-electron chi connectivity index (χ2n) is 5.37. The van der Waals surface area contributed by atoms with Gasteiger partial charge in [-0.25, -0.2) is 9.97 Å². The summed E-state index contributed by atoms with van der Waals surface area (Å²) in [4.78, 5) is 25.9. The molecule has 3 heterocycles. The molecule has 23 heavy (non-hydrogen) atoms. The van der Waals surface area contributed by atoms with E-state index in [0.29, 0.717) is 13.1 Å². The fourth-order valence-corrected chi connectivity index (χ4v) is 2.98. The molecule has 9 heteroatoms. The van der Waals surface area contributed by atoms with Gasteiger partial charge in [-0.2, -0.15) is 0 Å². The molecule has 0 aliphatic carbocycles. The Bertz CT molecular complexity index is 640. The Balaban J connectivity index is 1.42. The van der Waals surface area contributed by atoms with Crippen molar-refractivity contribution in [3.8, 4) is 0 Å². The molecule has 2 aromatic heterocycles. The number of carbonyl (C=O) groups excluding carboxylic acids is 1. The first-order valence-electron chi connectivity index (χ1n) is 7.51. The van der Waals surface area contributed by atoms with Crippen molar-refractivity contribution in [2.75, 3.05) is 37.6 Å². The van der Waals surface area contributed by atoms with Crippen LogP contribution in [-0.4, -0.2) is 63.1 Å². The topological polar surface area (TPSA) is 87.1 Å². The van der Waals surface area contributed by atoms with Crippen LogP contribution in [0.3, 0.4) is 0 Å². The molecule has 1 saturated heterocycles. The maximum Gasteiger partial charge on any atom is 0.234 e. The van der Waals surface area contributed by atoms with E-state index in [-0.39, 0.29) is 5.91 Å². The lowest BCUT2D eigenvalue weighted by Crippen LogP contribution is -2.49. The minimum Gasteiger partial charge on any atom is -0.350 e. The van der Waals surface area contributed by atoms with Crippen LogP contribution in [0.15, 0.2) is 18.5 Å². The first-order valence-corrected chi connectivity index (χ1v) is 8.28. The Hall–Kier alpha value is -2.13. The van der Waals surface area contributed by atoms with E-state index in [4.69, 9.17) is 0 Å². The van der Waals surface area contributed by atoms with Crippen molar-refractivity contribution in [3.63, 3.8) is 0 Å². The number of nitrogens with one attached hydrogen (secondary N) is 1. The Morgan fingerprint density at radius 3 is 2.65 bits per heavy atom. The SMILES string of the molecule is Cc1nnsc1CNC(=O)CN1CCN(c2ncccn2)CC1. The Kier molecular flexibility index (Phi) is 5.09. The number of rotatable bonds is 5. The van der Waals surface area contributed by atoms with Crippen LogP contribution in [0.5, 0.6) is 0 Å². The first kappa shape index (κ1) is 15.8. The summed E-state index contributed by atoms with van der Waals surface area (Å²) in [6, 6.07) is 1.81. The maximum atomic E-state index is 12.0. The third-order valence-electron chi connectivity index (χ3n) is 3.77. The zero-order chi connectivity index (χ0) is 16.1. The Morgan fingerprint density at radius 1 is 1.26 bits per heavy atom. The highest BCUT2D eigenvalue weighted by atomic mass is 32.1. The van der Waals surface area contributed by atoms with Crippen molar-refractivity contribution in [1.82, 2.24) is 29.8 Å². The van der Waals surface area contributed by atoms with E-state index >= 15 is 0 Å². The van der Waals surface area contributed by atoms with Crippen molar-refractivity contribution in [1.29, 1.82) is 0 Å². The standard InChI is InChI=1S/C14H19N7OS/c1-11-12(23-19-18-11)9-17-13(22)10-20-5-7-21(8-6-20)14-15-3-2-4-16-14/h2-4H,5-10H2,1H3,(H,17,22). The molecule has 3 rings (SSSR count). The van der Waals surface area contributed by atoms with E-state index in [9.17, 15) is 4.79 Å². The zero-order valence-electron chi connectivity index (χ0n) is 13.0. The molecule has 0 aromatic carbocycles. The molecule has 2 aromatic rings. The number of aromatic nitrogens is 4. The fraction of sp³-hybridized carbons (Fsp3) is 0.500. The monoisotopic (exact) mass is 333 g/mol. The van der Waals surface area contributed by atoms with Crippen LogP contribution < -0.4 is 10.2 Å². The van der Waals surface area contributed by atoms with Crippen molar-refractivity contribution >= 4 is 23.4 Å². The molecule has 1 fully saturated rings. The summed E-state index contributed by atoms with van der Waals surface area (Å²) >= 11 is 1.33. The van der Waals surface area contributed by atoms with Crippen LogP contribution in [0.2, 0.25) is 0 Å². The van der Waals surface area contributed by atoms with Gasteiger partial charge in [0, 0.05) is 38.6 Å². The van der Waals surface area contributed by atoms with Crippen molar-refractivity contribution < 1.29 is 4.79 Å². The highest BCUT2D eigenvalue weighted by molar-refractivity contribution is 7.05. The van der Waals surface area contributed by atoms with Crippen LogP contribution in [-0.2, 0) is 11.3 Å². The van der Waals surface area contributed by atoms with Gasteiger partial charge in [-0.3, -0.25) is 9.69 Å². The minimum absolute atomic E-state index is 0.0298. The molecule has 8 nitrogen and oxygen atoms in total. The molecule has 1 aliphatic rings. The summed E-state index contributed by atoms with van der Waals surface area (Å²) in [6.45, 7) is 6.12. The summed E-state index contributed by atoms with van der Waals surface area (Å²) in [5.41, 5.74) is 0.881. The molecule has 1 N–H and O–H groups in total. The van der Waals surface area contributed by atoms with Gasteiger partial charge < -0.3 is 10.2 Å². The Morgan fingerprint density at radius 2 is 2.00 bits per heavy atom. The van der Waals surface area contributed by atoms with Crippen LogP contribution in [0.25, 0.3) is 0 Å². The van der Waals surface area contributed by atoms with E-state index in [1.165, 1.54) is 11.5 Å². The van der Waals surface area contributed by atoms with E-state index in [0.717, 1.165) is 42.7 Å². The maximum absolute atomic E-state index is 12.0. The van der Waals surface area contributed by atoms with Gasteiger partial charge in [0.05, 0.1) is 23.7 Å². The number of aryl methyl sites for hydroxylation is 1. The molecule has 0 atom stereocenters. The zero-order valence-corrected chi connectivity index (χ0v) is 13.8. The second kappa shape index (κ2) is 7.42. The third kappa shape index (κ3) is 4.20. The molecular weight excluding hydrogens is 314 g/mol. The molecule has 0 bridgehead atoms. The van der Waals surface area contributed by atoms with Gasteiger partial charge in [0.2, 0.25) is 11.9 Å². The largest absolute Gasteiger partial charge is 0.350 e. The lowest BCUT2D eigenvalue weighted by molar-refractivity contribution is -0.122. The molecule has 122 valence electrons. The van der Waals surface area contributed by atoms with E-state index < -0.39 is 0 Å². The summed E-state index contributed by atoms with van der Waals surface area (Å²) in [7, 11) is 0. The fourth-order valence-electron chi connectivity index (χ4n) is 2.41. The summed E-state index contributed by atoms with van der Waals surface area (Å²) < 4.78 is 3.87. The predicted molar refractivity (Wildman–Crippen MR) is 87.2 cm³/mol. The number of hydrogen-bond donors (Lipinski definition) is 1. The number of carbonyl (C=O) groups is 1. The van der Waals surface area contributed by atoms with Gasteiger partial charge in [-0.1, -0.05) is 4.49 Å². The number of nitrogens with zero attached hydrogens (tertiary/aromatic N) is 6. The van der Waals surface area contributed by atoms with Crippen LogP contribution in [0.4, 0.5) is 5.95 Å². The van der Waals surface area contributed by atoms with Gasteiger partial charge in [0.1, 0.15) is 0 Å². The van der Waals surface area contributed by atoms with Gasteiger partial charge >= 0.3 is 0 Å². The molecule has 0 radical (unpaired) electrons. The summed E-state index contributed by atoms with van der Waals surface area (Å²) in [6.07, 6.45) is 3.50. The van der Waals surface area contributed by atoms with Crippen molar-refractivity contribution in [2.45, 2.75) is 13.5 Å². The highest BCUT2D eigenvalue weighted by Gasteiger charge is 2.20. The van der Waals surface area contributed by atoms with Crippen molar-refractivity contribution in [2.24, 2.45) is 0 Å². The van der Waals surface area contributed by atoms with Crippen molar-refractivity contribution in [3.05, 3.63) is 29.0 Å². The average molecular weight is 333 g/mol. The highest BCUT2D eigenvalue weighted by Crippen LogP contribution is 2.10. The molecule has 0 saturated carbocycles. The second-order valence-corrected chi connectivity index (χ2v) is 6.21. The molecule has 0 spiro atoms. The Labute approximate surface area is 138 Å². The number of amides is 1. The molecular formula is C14H19N7OS. The van der Waals surface area contributed by atoms with Crippen LogP contribution >= 0.6 is 11.5 Å². The normalized spacial score (nSPS) is 15.6. The predicted octanol–water partition coefficient (Wildman–Crippen LogP) is 0.0749. The van der Waals surface area contributed by atoms with Gasteiger partial charge in [-0.05, 0) is 24.5 Å². The summed E-state index contributed by atoms with van der Waals surface area (Å²) in [5, 5.41) is 6.86. The lowest BCUT2D eigenvalue weighted by Gasteiger charge is -2.34. The molecule has 0 unspecified atom stereocenters. The minimum atomic E-state index is 0.0298. The van der Waals surface area contributed by atoms with Gasteiger partial charge in [0.25, 0.3) is 0 Å². The quantitative estimate of drug-likeness (QED) is 0.829. The van der Waals surface area contributed by atoms with Gasteiger partial charge in [0.15, 0.2) is 0 Å². The lowest BCUT2D eigenvalue weighted by atomic mass is 10.3. The molecule has 1 amide bonds. The van der Waals surface area contributed by atoms with Crippen LogP contribution in [0.1, 0.15) is 10.6 Å². The molecule has 1 aliphatic heterocycles. The third-order valence-corrected chi connectivity index (χ3v) is 4.59. The number of anilines is 1. The van der Waals surface area contributed by atoms with E-state index in [1.807, 2.05) is 13.0 Å². The van der Waals surface area contributed by atoms with E-state index in [1.54, 1.807) is 12.4 Å². The number of piperazine rings is 1. The smallest absolute Gasteiger partial charge is 0.234 e.